The predicted octanol–water partition coefficient (Wildman–Crippen LogP) is 4.06. The van der Waals surface area contributed by atoms with Gasteiger partial charge in [0.25, 0.3) is 0 Å². The van der Waals surface area contributed by atoms with E-state index in [-0.39, 0.29) is 11.9 Å². The average molecular weight is 307 g/mol. The molecule has 1 amide bonds. The minimum absolute atomic E-state index is 0.0597. The van der Waals surface area contributed by atoms with E-state index < -0.39 is 0 Å². The third-order valence-electron chi connectivity index (χ3n) is 3.38. The summed E-state index contributed by atoms with van der Waals surface area (Å²) >= 11 is 1.41. The van der Waals surface area contributed by atoms with E-state index in [0.717, 1.165) is 24.1 Å². The van der Waals surface area contributed by atoms with Crippen molar-refractivity contribution in [3.05, 3.63) is 28.2 Å². The van der Waals surface area contributed by atoms with Crippen molar-refractivity contribution in [3.63, 3.8) is 0 Å². The van der Waals surface area contributed by atoms with Gasteiger partial charge in [-0.1, -0.05) is 11.6 Å². The number of aryl methyl sites for hydroxylation is 1. The van der Waals surface area contributed by atoms with Crippen LogP contribution in [0.2, 0.25) is 0 Å². The average Bonchev–Trinajstić information content (AvgIpc) is 2.81. The van der Waals surface area contributed by atoms with Crippen molar-refractivity contribution < 1.29 is 14.3 Å². The van der Waals surface area contributed by atoms with Crippen molar-refractivity contribution in [2.45, 2.75) is 46.0 Å². The third-order valence-corrected chi connectivity index (χ3v) is 4.34. The molecule has 2 rings (SSSR count). The maximum absolute atomic E-state index is 12.1. The van der Waals surface area contributed by atoms with Crippen molar-refractivity contribution in [2.24, 2.45) is 0 Å². The fourth-order valence-electron chi connectivity index (χ4n) is 2.41. The smallest absolute Gasteiger partial charge is 0.341 e. The molecule has 1 aromatic rings. The highest BCUT2D eigenvalue weighted by Crippen LogP contribution is 2.29. The topological polar surface area (TPSA) is 55.4 Å². The molecule has 21 heavy (non-hydrogen) atoms. The van der Waals surface area contributed by atoms with Gasteiger partial charge in [-0.15, -0.1) is 11.3 Å². The van der Waals surface area contributed by atoms with E-state index in [1.54, 1.807) is 13.0 Å². The fourth-order valence-corrected chi connectivity index (χ4v) is 3.33. The molecule has 4 nitrogen and oxygen atoms in total. The summed E-state index contributed by atoms with van der Waals surface area (Å²) in [4.78, 5) is 25.0. The maximum Gasteiger partial charge on any atom is 0.341 e. The van der Waals surface area contributed by atoms with Crippen LogP contribution in [0.3, 0.4) is 0 Å². The summed E-state index contributed by atoms with van der Waals surface area (Å²) in [5, 5.41) is 3.45. The first kappa shape index (κ1) is 15.8. The van der Waals surface area contributed by atoms with Crippen LogP contribution >= 0.6 is 11.3 Å². The number of thiophene rings is 1. The zero-order valence-corrected chi connectivity index (χ0v) is 13.3. The molecule has 1 aliphatic carbocycles. The van der Waals surface area contributed by atoms with Gasteiger partial charge in [-0.2, -0.15) is 0 Å². The number of rotatable bonds is 5. The molecule has 0 aliphatic heterocycles. The third kappa shape index (κ3) is 4.43. The Hall–Kier alpha value is -1.62. The van der Waals surface area contributed by atoms with Crippen molar-refractivity contribution in [1.29, 1.82) is 0 Å². The number of hydrogen-bond donors (Lipinski definition) is 1. The zero-order chi connectivity index (χ0) is 15.2. The molecule has 0 saturated heterocycles. The second-order valence-corrected chi connectivity index (χ2v) is 6.41. The van der Waals surface area contributed by atoms with Crippen molar-refractivity contribution in [3.8, 4) is 0 Å². The van der Waals surface area contributed by atoms with Crippen LogP contribution in [-0.2, 0) is 9.53 Å². The number of carbonyl (C=O) groups is 2. The molecule has 1 aliphatic rings. The molecule has 0 radical (unpaired) electrons. The number of anilines is 1. The quantitative estimate of drug-likeness (QED) is 0.659. The van der Waals surface area contributed by atoms with E-state index in [0.29, 0.717) is 23.6 Å². The van der Waals surface area contributed by atoms with Gasteiger partial charge in [0.15, 0.2) is 0 Å². The molecule has 0 saturated carbocycles. The summed E-state index contributed by atoms with van der Waals surface area (Å²) in [5.74, 6) is -0.440. The summed E-state index contributed by atoms with van der Waals surface area (Å²) in [5.41, 5.74) is 1.65. The highest BCUT2D eigenvalue weighted by Gasteiger charge is 2.18. The van der Waals surface area contributed by atoms with Gasteiger partial charge in [-0.25, -0.2) is 4.79 Å². The van der Waals surface area contributed by atoms with Crippen LogP contribution in [0.5, 0.6) is 0 Å². The monoisotopic (exact) mass is 307 g/mol. The number of ether oxygens (including phenoxy) is 1. The van der Waals surface area contributed by atoms with Gasteiger partial charge in [-0.05, 0) is 45.6 Å². The number of nitrogens with one attached hydrogen (secondary N) is 1. The summed E-state index contributed by atoms with van der Waals surface area (Å²) in [6, 6.07) is 1.76. The molecule has 114 valence electrons. The van der Waals surface area contributed by atoms with Gasteiger partial charge < -0.3 is 10.1 Å². The predicted molar refractivity (Wildman–Crippen MR) is 84.8 cm³/mol. The van der Waals surface area contributed by atoms with Gasteiger partial charge in [0.1, 0.15) is 5.00 Å². The van der Waals surface area contributed by atoms with Gasteiger partial charge in [0.05, 0.1) is 12.2 Å². The van der Waals surface area contributed by atoms with Crippen molar-refractivity contribution in [2.75, 3.05) is 11.9 Å². The Morgan fingerprint density at radius 2 is 2.19 bits per heavy atom. The van der Waals surface area contributed by atoms with E-state index in [2.05, 4.69) is 11.4 Å². The second kappa shape index (κ2) is 7.41. The first-order chi connectivity index (χ1) is 10.1. The van der Waals surface area contributed by atoms with E-state index in [1.165, 1.54) is 23.3 Å². The van der Waals surface area contributed by atoms with E-state index in [4.69, 9.17) is 4.74 Å². The fraction of sp³-hybridized carbons (Fsp3) is 0.500. The first-order valence-electron chi connectivity index (χ1n) is 7.35. The van der Waals surface area contributed by atoms with Gasteiger partial charge in [0, 0.05) is 11.3 Å². The Balaban J connectivity index is 2.03. The number of hydrogen-bond acceptors (Lipinski definition) is 4. The lowest BCUT2D eigenvalue weighted by Gasteiger charge is -2.12. The Bertz CT molecular complexity index is 560. The summed E-state index contributed by atoms with van der Waals surface area (Å²) in [6.45, 7) is 4.01. The summed E-state index contributed by atoms with van der Waals surface area (Å²) in [6.07, 6.45) is 7.01. The zero-order valence-electron chi connectivity index (χ0n) is 12.5. The van der Waals surface area contributed by atoms with E-state index in [1.807, 2.05) is 6.92 Å². The molecule has 1 N–H and O–H groups in total. The Morgan fingerprint density at radius 3 is 2.86 bits per heavy atom. The van der Waals surface area contributed by atoms with Gasteiger partial charge in [-0.3, -0.25) is 4.79 Å². The normalized spacial score (nSPS) is 14.5. The Morgan fingerprint density at radius 1 is 1.38 bits per heavy atom. The van der Waals surface area contributed by atoms with Crippen LogP contribution < -0.4 is 5.32 Å². The number of carbonyl (C=O) groups excluding carboxylic acids is 2. The molecular weight excluding hydrogens is 286 g/mol. The highest BCUT2D eigenvalue weighted by molar-refractivity contribution is 7.16. The molecule has 1 heterocycles. The van der Waals surface area contributed by atoms with Crippen LogP contribution in [0.1, 0.15) is 54.3 Å². The standard InChI is InChI=1S/C16H21NO3S/c1-3-20-16(19)13-9-11(2)21-15(13)17-14(18)10-12-7-5-4-6-8-12/h7,9H,3-6,8,10H2,1-2H3,(H,17,18). The molecular formula is C16H21NO3S. The van der Waals surface area contributed by atoms with E-state index in [9.17, 15) is 9.59 Å². The molecule has 0 fully saturated rings. The molecule has 5 heteroatoms. The molecule has 0 atom stereocenters. The molecule has 0 spiro atoms. The SMILES string of the molecule is CCOC(=O)c1cc(C)sc1NC(=O)CC1=CCCCC1. The first-order valence-corrected chi connectivity index (χ1v) is 8.17. The lowest BCUT2D eigenvalue weighted by atomic mass is 9.97. The number of esters is 1. The molecule has 0 unspecified atom stereocenters. The Labute approximate surface area is 129 Å². The van der Waals surface area contributed by atoms with Crippen LogP contribution in [0, 0.1) is 6.92 Å². The highest BCUT2D eigenvalue weighted by atomic mass is 32.1. The lowest BCUT2D eigenvalue weighted by Crippen LogP contribution is -2.15. The minimum Gasteiger partial charge on any atom is -0.462 e. The number of allylic oxidation sites excluding steroid dienone is 1. The van der Waals surface area contributed by atoms with Crippen LogP contribution in [0.4, 0.5) is 5.00 Å². The summed E-state index contributed by atoms with van der Waals surface area (Å²) in [7, 11) is 0. The second-order valence-electron chi connectivity index (χ2n) is 5.15. The van der Waals surface area contributed by atoms with Gasteiger partial charge >= 0.3 is 5.97 Å². The van der Waals surface area contributed by atoms with Crippen LogP contribution in [0.25, 0.3) is 0 Å². The van der Waals surface area contributed by atoms with Gasteiger partial charge in [0.2, 0.25) is 5.91 Å². The Kier molecular flexibility index (Phi) is 5.56. The van der Waals surface area contributed by atoms with E-state index >= 15 is 0 Å². The summed E-state index contributed by atoms with van der Waals surface area (Å²) < 4.78 is 5.02. The van der Waals surface area contributed by atoms with Crippen LogP contribution in [0.15, 0.2) is 17.7 Å². The maximum atomic E-state index is 12.1. The van der Waals surface area contributed by atoms with Crippen molar-refractivity contribution >= 4 is 28.2 Å². The largest absolute Gasteiger partial charge is 0.462 e. The van der Waals surface area contributed by atoms with Crippen molar-refractivity contribution in [1.82, 2.24) is 0 Å². The lowest BCUT2D eigenvalue weighted by molar-refractivity contribution is -0.115. The number of amides is 1. The molecule has 0 aromatic carbocycles. The molecule has 0 bridgehead atoms. The molecule has 1 aromatic heterocycles. The minimum atomic E-state index is -0.381. The van der Waals surface area contributed by atoms with Crippen LogP contribution in [-0.4, -0.2) is 18.5 Å².